The number of hydrazone groups is 1. The second-order valence-corrected chi connectivity index (χ2v) is 7.88. The number of fused-ring (bicyclic) bond motifs is 1. The molecule has 9 heteroatoms. The van der Waals surface area contributed by atoms with E-state index in [-0.39, 0.29) is 6.61 Å². The van der Waals surface area contributed by atoms with Gasteiger partial charge in [-0.1, -0.05) is 30.3 Å². The van der Waals surface area contributed by atoms with Gasteiger partial charge in [0.1, 0.15) is 12.3 Å². The third-order valence-electron chi connectivity index (χ3n) is 5.60. The molecule has 0 saturated carbocycles. The Hall–Kier alpha value is -4.79. The fourth-order valence-corrected chi connectivity index (χ4v) is 3.79. The molecule has 2 heterocycles. The number of carbonyl (C=O) groups is 1. The summed E-state index contributed by atoms with van der Waals surface area (Å²) in [6.07, 6.45) is 2.58. The number of carbonyl (C=O) groups excluding carboxylic acids is 1. The summed E-state index contributed by atoms with van der Waals surface area (Å²) >= 11 is 0. The lowest BCUT2D eigenvalue weighted by atomic mass is 10.1. The Balaban J connectivity index is 1.40. The number of para-hydroxylation sites is 3. The minimum atomic E-state index is -0.811. The van der Waals surface area contributed by atoms with Crippen LogP contribution in [0, 0.1) is 0 Å². The van der Waals surface area contributed by atoms with Gasteiger partial charge in [-0.3, -0.25) is 4.79 Å². The zero-order valence-corrected chi connectivity index (χ0v) is 19.8. The van der Waals surface area contributed by atoms with E-state index < -0.39 is 12.0 Å². The largest absolute Gasteiger partial charge is 0.493 e. The zero-order chi connectivity index (χ0) is 24.9. The number of ether oxygens (including phenoxy) is 4. The highest BCUT2D eigenvalue weighted by Gasteiger charge is 2.27. The molecule has 1 aliphatic heterocycles. The summed E-state index contributed by atoms with van der Waals surface area (Å²) in [5, 5.41) is 8.94. The van der Waals surface area contributed by atoms with E-state index in [0.717, 1.165) is 11.3 Å². The maximum Gasteiger partial charge on any atom is 0.284 e. The van der Waals surface area contributed by atoms with Crippen molar-refractivity contribution < 1.29 is 23.7 Å². The number of hydrogen-bond acceptors (Lipinski definition) is 7. The Morgan fingerprint density at radius 2 is 1.78 bits per heavy atom. The summed E-state index contributed by atoms with van der Waals surface area (Å²) in [4.78, 5) is 12.7. The van der Waals surface area contributed by atoms with Gasteiger partial charge < -0.3 is 18.9 Å². The van der Waals surface area contributed by atoms with Crippen LogP contribution in [0.2, 0.25) is 0 Å². The van der Waals surface area contributed by atoms with E-state index in [4.69, 9.17) is 24.0 Å². The Bertz CT molecular complexity index is 1400. The van der Waals surface area contributed by atoms with Gasteiger partial charge in [-0.15, -0.1) is 0 Å². The number of rotatable bonds is 7. The van der Waals surface area contributed by atoms with E-state index in [0.29, 0.717) is 34.3 Å². The van der Waals surface area contributed by atoms with Crippen molar-refractivity contribution in [1.29, 1.82) is 0 Å². The molecule has 9 nitrogen and oxygen atoms in total. The van der Waals surface area contributed by atoms with Gasteiger partial charge >= 0.3 is 0 Å². The average Bonchev–Trinajstić information content (AvgIpc) is 3.37. The van der Waals surface area contributed by atoms with Crippen molar-refractivity contribution in [2.75, 3.05) is 20.8 Å². The van der Waals surface area contributed by atoms with E-state index >= 15 is 0 Å². The van der Waals surface area contributed by atoms with Crippen molar-refractivity contribution in [1.82, 2.24) is 15.2 Å². The highest BCUT2D eigenvalue weighted by Crippen LogP contribution is 2.33. The first-order valence-electron chi connectivity index (χ1n) is 11.2. The van der Waals surface area contributed by atoms with Crippen molar-refractivity contribution in [3.8, 4) is 39.9 Å². The summed E-state index contributed by atoms with van der Waals surface area (Å²) in [6.45, 7) is 0.0984. The molecule has 1 amide bonds. The van der Waals surface area contributed by atoms with Crippen LogP contribution < -0.4 is 24.4 Å². The van der Waals surface area contributed by atoms with Crippen LogP contribution in [0.4, 0.5) is 0 Å². The second-order valence-electron chi connectivity index (χ2n) is 7.88. The van der Waals surface area contributed by atoms with E-state index in [1.165, 1.54) is 0 Å². The second kappa shape index (κ2) is 10.2. The standard InChI is InChI=1S/C27H24N4O5/c1-33-21-13-12-18(14-24(21)34-2)26-19(16-31(30-26)20-8-4-3-5-9-20)15-28-29-27(32)25-17-35-22-10-6-7-11-23(22)36-25/h3-16,25H,17H2,1-2H3,(H,29,32)/b28-15+. The summed E-state index contributed by atoms with van der Waals surface area (Å²) in [5.41, 5.74) is 5.58. The molecule has 1 N–H and O–H groups in total. The van der Waals surface area contributed by atoms with Crippen molar-refractivity contribution in [3.63, 3.8) is 0 Å². The molecule has 3 aromatic carbocycles. The number of methoxy groups -OCH3 is 2. The van der Waals surface area contributed by atoms with Crippen LogP contribution in [0.15, 0.2) is 84.1 Å². The lowest BCUT2D eigenvalue weighted by molar-refractivity contribution is -0.130. The number of amides is 1. The van der Waals surface area contributed by atoms with Gasteiger partial charge in [0.25, 0.3) is 5.91 Å². The molecule has 1 aliphatic rings. The van der Waals surface area contributed by atoms with E-state index in [2.05, 4.69) is 10.5 Å². The van der Waals surface area contributed by atoms with Gasteiger partial charge in [0.05, 0.1) is 26.1 Å². The highest BCUT2D eigenvalue weighted by molar-refractivity contribution is 5.90. The van der Waals surface area contributed by atoms with E-state index in [9.17, 15) is 4.79 Å². The van der Waals surface area contributed by atoms with Crippen LogP contribution >= 0.6 is 0 Å². The monoisotopic (exact) mass is 484 g/mol. The molecule has 0 bridgehead atoms. The minimum Gasteiger partial charge on any atom is -0.493 e. The highest BCUT2D eigenvalue weighted by atomic mass is 16.6. The predicted octanol–water partition coefficient (Wildman–Crippen LogP) is 3.85. The number of nitrogens with zero attached hydrogens (tertiary/aromatic N) is 3. The first-order chi connectivity index (χ1) is 17.7. The zero-order valence-electron chi connectivity index (χ0n) is 19.8. The normalized spacial score (nSPS) is 14.4. The van der Waals surface area contributed by atoms with E-state index in [1.807, 2.05) is 66.9 Å². The molecule has 0 radical (unpaired) electrons. The van der Waals surface area contributed by atoms with Crippen LogP contribution in [0.3, 0.4) is 0 Å². The Kier molecular flexibility index (Phi) is 6.53. The van der Waals surface area contributed by atoms with Crippen LogP contribution in [0.25, 0.3) is 16.9 Å². The van der Waals surface area contributed by atoms with Crippen LogP contribution in [0.5, 0.6) is 23.0 Å². The van der Waals surface area contributed by atoms with E-state index in [1.54, 1.807) is 37.2 Å². The topological polar surface area (TPSA) is 96.2 Å². The first-order valence-corrected chi connectivity index (χ1v) is 11.2. The molecular weight excluding hydrogens is 460 g/mol. The van der Waals surface area contributed by atoms with Crippen LogP contribution in [0.1, 0.15) is 5.56 Å². The number of nitrogens with one attached hydrogen (secondary N) is 1. The molecule has 0 saturated heterocycles. The maximum absolute atomic E-state index is 12.7. The number of benzene rings is 3. The molecule has 36 heavy (non-hydrogen) atoms. The number of hydrogen-bond donors (Lipinski definition) is 1. The summed E-state index contributed by atoms with van der Waals surface area (Å²) < 4.78 is 23.9. The van der Waals surface area contributed by atoms with Gasteiger partial charge in [0.2, 0.25) is 6.10 Å². The molecule has 1 aromatic heterocycles. The van der Waals surface area contributed by atoms with Gasteiger partial charge in [-0.2, -0.15) is 10.2 Å². The van der Waals surface area contributed by atoms with Gasteiger partial charge in [-0.25, -0.2) is 10.1 Å². The molecule has 0 spiro atoms. The van der Waals surface area contributed by atoms with Crippen LogP contribution in [-0.2, 0) is 4.79 Å². The van der Waals surface area contributed by atoms with Gasteiger partial charge in [0.15, 0.2) is 23.0 Å². The Labute approximate surface area is 207 Å². The number of aromatic nitrogens is 2. The third kappa shape index (κ3) is 4.72. The maximum atomic E-state index is 12.7. The molecule has 5 rings (SSSR count). The fraction of sp³-hybridized carbons (Fsp3) is 0.148. The third-order valence-corrected chi connectivity index (χ3v) is 5.60. The van der Waals surface area contributed by atoms with Crippen molar-refractivity contribution in [2.24, 2.45) is 5.10 Å². The molecule has 182 valence electrons. The molecule has 1 atom stereocenters. The molecule has 0 aliphatic carbocycles. The molecule has 4 aromatic rings. The van der Waals surface area contributed by atoms with Crippen molar-refractivity contribution in [3.05, 3.63) is 84.6 Å². The van der Waals surface area contributed by atoms with Crippen molar-refractivity contribution >= 4 is 12.1 Å². The lowest BCUT2D eigenvalue weighted by Crippen LogP contribution is -2.42. The Morgan fingerprint density at radius 3 is 2.56 bits per heavy atom. The fourth-order valence-electron chi connectivity index (χ4n) is 3.79. The summed E-state index contributed by atoms with van der Waals surface area (Å²) in [5.74, 6) is 1.91. The lowest BCUT2D eigenvalue weighted by Gasteiger charge is -2.24. The van der Waals surface area contributed by atoms with Crippen LogP contribution in [-0.4, -0.2) is 48.8 Å². The minimum absolute atomic E-state index is 0.0984. The summed E-state index contributed by atoms with van der Waals surface area (Å²) in [6, 6.07) is 22.5. The first kappa shape index (κ1) is 23.0. The van der Waals surface area contributed by atoms with Crippen molar-refractivity contribution in [2.45, 2.75) is 6.10 Å². The smallest absolute Gasteiger partial charge is 0.284 e. The predicted molar refractivity (Wildman–Crippen MR) is 134 cm³/mol. The SMILES string of the molecule is COc1ccc(-c2nn(-c3ccccc3)cc2/C=N/NC(=O)C2COc3ccccc3O2)cc1OC. The summed E-state index contributed by atoms with van der Waals surface area (Å²) in [7, 11) is 3.17. The average molecular weight is 485 g/mol. The quantitative estimate of drug-likeness (QED) is 0.316. The van der Waals surface area contributed by atoms with Gasteiger partial charge in [0, 0.05) is 17.3 Å². The van der Waals surface area contributed by atoms with Gasteiger partial charge in [-0.05, 0) is 42.5 Å². The molecular formula is C27H24N4O5. The molecule has 0 fully saturated rings. The Morgan fingerprint density at radius 1 is 1.03 bits per heavy atom. The molecule has 1 unspecified atom stereocenters.